The molecule has 1 aromatic carbocycles. The maximum atomic E-state index is 12.2. The molecule has 146 valence electrons. The molecule has 4 aromatic rings. The number of hydrogen-bond acceptors (Lipinski definition) is 8. The van der Waals surface area contributed by atoms with Crippen molar-refractivity contribution in [2.45, 2.75) is 20.8 Å². The van der Waals surface area contributed by atoms with E-state index in [4.69, 9.17) is 4.74 Å². The monoisotopic (exact) mass is 407 g/mol. The van der Waals surface area contributed by atoms with E-state index in [2.05, 4.69) is 30.0 Å². The molecular weight excluding hydrogens is 390 g/mol. The number of aryl methyl sites for hydroxylation is 3. The summed E-state index contributed by atoms with van der Waals surface area (Å²) in [5.41, 5.74) is 3.12. The fourth-order valence-corrected chi connectivity index (χ4v) is 3.27. The molecule has 1 N–H and O–H groups in total. The van der Waals surface area contributed by atoms with Gasteiger partial charge in [0, 0.05) is 17.4 Å². The van der Waals surface area contributed by atoms with Crippen molar-refractivity contribution in [3.8, 4) is 17.4 Å². The Morgan fingerprint density at radius 1 is 1.10 bits per heavy atom. The van der Waals surface area contributed by atoms with Crippen molar-refractivity contribution in [3.05, 3.63) is 64.7 Å². The highest BCUT2D eigenvalue weighted by Gasteiger charge is 2.13. The van der Waals surface area contributed by atoms with Crippen LogP contribution in [0.4, 0.5) is 5.69 Å². The van der Waals surface area contributed by atoms with E-state index in [0.717, 1.165) is 22.9 Å². The number of benzene rings is 1. The number of rotatable bonds is 5. The van der Waals surface area contributed by atoms with Crippen LogP contribution in [0.1, 0.15) is 26.8 Å². The van der Waals surface area contributed by atoms with Gasteiger partial charge >= 0.3 is 0 Å². The second-order valence-electron chi connectivity index (χ2n) is 6.32. The van der Waals surface area contributed by atoms with Gasteiger partial charge in [0.1, 0.15) is 17.0 Å². The molecule has 0 aliphatic rings. The van der Waals surface area contributed by atoms with E-state index in [0.29, 0.717) is 33.7 Å². The number of hydrogen-bond donors (Lipinski definition) is 1. The quantitative estimate of drug-likeness (QED) is 0.539. The molecular formula is C19H17N7O2S. The van der Waals surface area contributed by atoms with E-state index in [-0.39, 0.29) is 5.91 Å². The van der Waals surface area contributed by atoms with Gasteiger partial charge < -0.3 is 10.1 Å². The van der Waals surface area contributed by atoms with E-state index in [1.807, 2.05) is 19.9 Å². The molecule has 0 saturated heterocycles. The average molecular weight is 407 g/mol. The Bertz CT molecular complexity index is 1170. The number of nitrogens with one attached hydrogen (secondary N) is 1. The van der Waals surface area contributed by atoms with E-state index in [1.54, 1.807) is 41.9 Å². The summed E-state index contributed by atoms with van der Waals surface area (Å²) >= 11 is 1.06. The lowest BCUT2D eigenvalue weighted by molar-refractivity contribution is 0.103. The Morgan fingerprint density at radius 3 is 2.55 bits per heavy atom. The molecule has 1 amide bonds. The van der Waals surface area contributed by atoms with Crippen LogP contribution >= 0.6 is 11.5 Å². The first kappa shape index (κ1) is 18.7. The molecule has 29 heavy (non-hydrogen) atoms. The van der Waals surface area contributed by atoms with Gasteiger partial charge in [-0.3, -0.25) is 4.79 Å². The molecule has 0 saturated carbocycles. The van der Waals surface area contributed by atoms with Crippen LogP contribution in [-0.2, 0) is 0 Å². The highest BCUT2D eigenvalue weighted by Crippen LogP contribution is 2.23. The third-order valence-corrected chi connectivity index (χ3v) is 4.87. The number of anilines is 1. The topological polar surface area (TPSA) is 108 Å². The van der Waals surface area contributed by atoms with Crippen molar-refractivity contribution in [1.82, 2.24) is 29.3 Å². The van der Waals surface area contributed by atoms with E-state index >= 15 is 0 Å². The van der Waals surface area contributed by atoms with Crippen molar-refractivity contribution in [2.75, 3.05) is 5.32 Å². The lowest BCUT2D eigenvalue weighted by Gasteiger charge is -2.08. The van der Waals surface area contributed by atoms with E-state index in [1.165, 1.54) is 6.33 Å². The molecule has 0 aliphatic carbocycles. The third-order valence-electron chi connectivity index (χ3n) is 4.05. The molecule has 0 bridgehead atoms. The summed E-state index contributed by atoms with van der Waals surface area (Å²) in [7, 11) is 0. The first-order chi connectivity index (χ1) is 14.0. The van der Waals surface area contributed by atoms with Gasteiger partial charge in [0.2, 0.25) is 5.88 Å². The highest BCUT2D eigenvalue weighted by molar-refractivity contribution is 7.08. The predicted molar refractivity (Wildman–Crippen MR) is 108 cm³/mol. The maximum Gasteiger partial charge on any atom is 0.269 e. The molecule has 10 heteroatoms. The van der Waals surface area contributed by atoms with Crippen molar-refractivity contribution < 1.29 is 9.53 Å². The number of aromatic nitrogens is 6. The second-order valence-corrected chi connectivity index (χ2v) is 7.08. The Morgan fingerprint density at radius 2 is 1.90 bits per heavy atom. The van der Waals surface area contributed by atoms with Gasteiger partial charge in [-0.05, 0) is 62.6 Å². The highest BCUT2D eigenvalue weighted by atomic mass is 32.1. The van der Waals surface area contributed by atoms with Gasteiger partial charge in [-0.15, -0.1) is 5.10 Å². The average Bonchev–Trinajstić information content (AvgIpc) is 3.28. The second kappa shape index (κ2) is 7.76. The Balaban J connectivity index is 1.46. The fourth-order valence-electron chi connectivity index (χ4n) is 2.72. The smallest absolute Gasteiger partial charge is 0.269 e. The zero-order valence-electron chi connectivity index (χ0n) is 15.9. The lowest BCUT2D eigenvalue weighted by Crippen LogP contribution is -2.11. The van der Waals surface area contributed by atoms with Crippen LogP contribution < -0.4 is 10.1 Å². The van der Waals surface area contributed by atoms with Crippen molar-refractivity contribution in [1.29, 1.82) is 0 Å². The van der Waals surface area contributed by atoms with Crippen LogP contribution in [-0.4, -0.2) is 35.2 Å². The van der Waals surface area contributed by atoms with Crippen LogP contribution in [0, 0.1) is 20.8 Å². The molecule has 0 radical (unpaired) electrons. The normalized spacial score (nSPS) is 10.7. The molecule has 9 nitrogen and oxygen atoms in total. The van der Waals surface area contributed by atoms with Gasteiger partial charge in [0.15, 0.2) is 5.82 Å². The first-order valence-corrected chi connectivity index (χ1v) is 9.51. The molecule has 0 aliphatic heterocycles. The van der Waals surface area contributed by atoms with Gasteiger partial charge in [0.25, 0.3) is 5.91 Å². The Hall–Kier alpha value is -3.66. The molecule has 0 atom stereocenters. The summed E-state index contributed by atoms with van der Waals surface area (Å²) in [4.78, 5) is 21.1. The minimum Gasteiger partial charge on any atom is -0.439 e. The molecule has 0 spiro atoms. The first-order valence-electron chi connectivity index (χ1n) is 8.73. The molecule has 4 rings (SSSR count). The SMILES string of the molecule is Cc1cc(C)n(-c2cc(Oc3ccc(NC(=O)c4snnc4C)cc3)ncn2)n1. The van der Waals surface area contributed by atoms with Crippen molar-refractivity contribution >= 4 is 23.1 Å². The van der Waals surface area contributed by atoms with Crippen LogP contribution in [0.3, 0.4) is 0 Å². The van der Waals surface area contributed by atoms with E-state index < -0.39 is 0 Å². The van der Waals surface area contributed by atoms with Crippen LogP contribution in [0.5, 0.6) is 11.6 Å². The zero-order chi connectivity index (χ0) is 20.4. The summed E-state index contributed by atoms with van der Waals surface area (Å²) in [5, 5.41) is 11.1. The van der Waals surface area contributed by atoms with Crippen molar-refractivity contribution in [2.24, 2.45) is 0 Å². The molecule has 3 aromatic heterocycles. The summed E-state index contributed by atoms with van der Waals surface area (Å²) in [6.07, 6.45) is 1.43. The van der Waals surface area contributed by atoms with Crippen LogP contribution in [0.25, 0.3) is 5.82 Å². The van der Waals surface area contributed by atoms with E-state index in [9.17, 15) is 4.79 Å². The Labute approximate surface area is 170 Å². The number of carbonyl (C=O) groups is 1. The van der Waals surface area contributed by atoms with Gasteiger partial charge in [-0.1, -0.05) is 4.49 Å². The zero-order valence-corrected chi connectivity index (χ0v) is 16.8. The minimum atomic E-state index is -0.239. The number of amides is 1. The van der Waals surface area contributed by atoms with Crippen molar-refractivity contribution in [3.63, 3.8) is 0 Å². The fraction of sp³-hybridized carbons (Fsp3) is 0.158. The number of carbonyl (C=O) groups excluding carboxylic acids is 1. The molecule has 0 unspecified atom stereocenters. The predicted octanol–water partition coefficient (Wildman–Crippen LogP) is 3.48. The largest absolute Gasteiger partial charge is 0.439 e. The van der Waals surface area contributed by atoms with Gasteiger partial charge in [-0.2, -0.15) is 5.10 Å². The number of nitrogens with zero attached hydrogens (tertiary/aromatic N) is 6. The summed E-state index contributed by atoms with van der Waals surface area (Å²) in [6.45, 7) is 5.63. The number of ether oxygens (including phenoxy) is 1. The summed E-state index contributed by atoms with van der Waals surface area (Å²) in [6, 6.07) is 10.7. The Kier molecular flexibility index (Phi) is 5.00. The standard InChI is InChI=1S/C19H17N7O2S/c1-11-8-12(2)26(24-11)16-9-17(21-10-20-16)28-15-6-4-14(5-7-15)22-19(27)18-13(3)23-25-29-18/h4-10H,1-3H3,(H,22,27). The minimum absolute atomic E-state index is 0.239. The van der Waals surface area contributed by atoms with Gasteiger partial charge in [0.05, 0.1) is 11.4 Å². The van der Waals surface area contributed by atoms with Gasteiger partial charge in [-0.25, -0.2) is 14.6 Å². The van der Waals surface area contributed by atoms with Crippen LogP contribution in [0.15, 0.2) is 42.7 Å². The summed E-state index contributed by atoms with van der Waals surface area (Å²) in [5.74, 6) is 1.36. The van der Waals surface area contributed by atoms with Crippen LogP contribution in [0.2, 0.25) is 0 Å². The lowest BCUT2D eigenvalue weighted by atomic mass is 10.3. The third kappa shape index (κ3) is 4.11. The molecule has 3 heterocycles. The summed E-state index contributed by atoms with van der Waals surface area (Å²) < 4.78 is 11.3. The maximum absolute atomic E-state index is 12.2. The molecule has 0 fully saturated rings.